The van der Waals surface area contributed by atoms with Crippen molar-refractivity contribution in [3.05, 3.63) is 41.7 Å². The number of aliphatic carboxylic acids is 1. The maximum absolute atomic E-state index is 10.9. The second kappa shape index (κ2) is 5.34. The Morgan fingerprint density at radius 2 is 2.37 bits per heavy atom. The lowest BCUT2D eigenvalue weighted by Gasteiger charge is -2.02. The monoisotopic (exact) mass is 258 g/mol. The van der Waals surface area contributed by atoms with Gasteiger partial charge in [0.05, 0.1) is 12.1 Å². The Hall–Kier alpha value is -2.63. The molecule has 2 aromatic heterocycles. The van der Waals surface area contributed by atoms with Gasteiger partial charge in [0.15, 0.2) is 0 Å². The molecule has 0 radical (unpaired) electrons. The lowest BCUT2D eigenvalue weighted by atomic mass is 10.2. The van der Waals surface area contributed by atoms with Gasteiger partial charge in [0.25, 0.3) is 0 Å². The highest BCUT2D eigenvalue weighted by molar-refractivity contribution is 6.17. The van der Waals surface area contributed by atoms with Crippen LogP contribution >= 0.6 is 0 Å². The third-order valence-electron chi connectivity index (χ3n) is 2.77. The molecular formula is C13H14N4O2. The molecule has 0 amide bonds. The minimum Gasteiger partial charge on any atom is -0.478 e. The summed E-state index contributed by atoms with van der Waals surface area (Å²) < 4.78 is 0. The highest BCUT2D eigenvalue weighted by atomic mass is 16.4. The van der Waals surface area contributed by atoms with Crippen molar-refractivity contribution in [2.45, 2.75) is 13.5 Å². The van der Waals surface area contributed by atoms with Gasteiger partial charge in [-0.1, -0.05) is 6.08 Å². The number of aliphatic imine (C=N–C) groups is 1. The highest BCUT2D eigenvalue weighted by Gasteiger charge is 2.10. The second-order valence-corrected chi connectivity index (χ2v) is 3.92. The molecule has 0 fully saturated rings. The number of aromatic amines is 1. The number of H-pyrrole nitrogens is 1. The van der Waals surface area contributed by atoms with Gasteiger partial charge >= 0.3 is 5.97 Å². The molecule has 6 nitrogen and oxygen atoms in total. The van der Waals surface area contributed by atoms with E-state index < -0.39 is 5.97 Å². The van der Waals surface area contributed by atoms with Crippen LogP contribution in [0, 0.1) is 0 Å². The number of amidine groups is 1. The molecule has 2 rings (SSSR count). The molecular weight excluding hydrogens is 244 g/mol. The Kier molecular flexibility index (Phi) is 3.61. The molecule has 0 spiro atoms. The van der Waals surface area contributed by atoms with Crippen LogP contribution in [0.15, 0.2) is 41.2 Å². The molecule has 2 aromatic rings. The molecule has 0 saturated heterocycles. The summed E-state index contributed by atoms with van der Waals surface area (Å²) in [6, 6.07) is 3.74. The van der Waals surface area contributed by atoms with Gasteiger partial charge in [-0.25, -0.2) is 9.78 Å². The van der Waals surface area contributed by atoms with Crippen molar-refractivity contribution < 1.29 is 9.90 Å². The van der Waals surface area contributed by atoms with Gasteiger partial charge in [0.2, 0.25) is 0 Å². The molecule has 0 saturated carbocycles. The number of carboxylic acids is 1. The van der Waals surface area contributed by atoms with Crippen LogP contribution in [0.3, 0.4) is 0 Å². The first-order valence-corrected chi connectivity index (χ1v) is 5.74. The maximum Gasteiger partial charge on any atom is 0.339 e. The Labute approximate surface area is 109 Å². The summed E-state index contributed by atoms with van der Waals surface area (Å²) in [5, 5.41) is 9.89. The molecule has 6 heteroatoms. The van der Waals surface area contributed by atoms with Crippen molar-refractivity contribution in [2.75, 3.05) is 0 Å². The number of allylic oxidation sites excluding steroid dienone is 1. The molecule has 2 heterocycles. The topological polar surface area (TPSA) is 104 Å². The molecule has 0 atom stereocenters. The van der Waals surface area contributed by atoms with Crippen LogP contribution in [-0.2, 0) is 11.3 Å². The minimum absolute atomic E-state index is 0.0133. The van der Waals surface area contributed by atoms with Gasteiger partial charge in [-0.3, -0.25) is 4.99 Å². The fourth-order valence-electron chi connectivity index (χ4n) is 1.79. The zero-order valence-corrected chi connectivity index (χ0v) is 10.4. The number of carboxylic acid groups (broad SMARTS) is 1. The molecule has 0 aliphatic heterocycles. The number of nitrogens with two attached hydrogens (primary N) is 1. The molecule has 19 heavy (non-hydrogen) atoms. The normalized spacial score (nSPS) is 12.9. The summed E-state index contributed by atoms with van der Waals surface area (Å²) in [4.78, 5) is 22.2. The van der Waals surface area contributed by atoms with Gasteiger partial charge in [-0.05, 0) is 24.6 Å². The number of nitrogens with zero attached hydrogens (tertiary/aromatic N) is 2. The summed E-state index contributed by atoms with van der Waals surface area (Å²) in [5.41, 5.74) is 7.40. The lowest BCUT2D eigenvalue weighted by Crippen LogP contribution is -2.21. The van der Waals surface area contributed by atoms with Gasteiger partial charge in [0, 0.05) is 17.8 Å². The Morgan fingerprint density at radius 1 is 1.58 bits per heavy atom. The second-order valence-electron chi connectivity index (χ2n) is 3.92. The van der Waals surface area contributed by atoms with E-state index in [9.17, 15) is 4.79 Å². The van der Waals surface area contributed by atoms with Crippen LogP contribution in [-0.4, -0.2) is 26.9 Å². The van der Waals surface area contributed by atoms with Crippen molar-refractivity contribution in [3.63, 3.8) is 0 Å². The lowest BCUT2D eigenvalue weighted by molar-refractivity contribution is -0.132. The van der Waals surface area contributed by atoms with E-state index in [0.717, 1.165) is 16.6 Å². The summed E-state index contributed by atoms with van der Waals surface area (Å²) in [7, 11) is 0. The van der Waals surface area contributed by atoms with Crippen molar-refractivity contribution in [3.8, 4) is 0 Å². The first-order chi connectivity index (χ1) is 9.13. The molecule has 4 N–H and O–H groups in total. The number of aromatic nitrogens is 2. The molecule has 0 bridgehead atoms. The number of pyridine rings is 1. The number of nitrogens with one attached hydrogen (secondary N) is 1. The van der Waals surface area contributed by atoms with Crippen LogP contribution in [0.1, 0.15) is 12.5 Å². The highest BCUT2D eigenvalue weighted by Crippen LogP contribution is 2.16. The van der Waals surface area contributed by atoms with Crippen LogP contribution in [0.25, 0.3) is 11.0 Å². The van der Waals surface area contributed by atoms with Gasteiger partial charge in [0.1, 0.15) is 11.5 Å². The Balaban J connectivity index is 2.27. The SMILES string of the molecule is C/C=C(/C(=O)O)C(N)=NCc1ccnc2[nH]ccc12. The average Bonchev–Trinajstić information content (AvgIpc) is 2.85. The first kappa shape index (κ1) is 12.8. The third kappa shape index (κ3) is 2.62. The minimum atomic E-state index is -1.08. The standard InChI is InChI=1S/C13H14N4O2/c1-2-9(13(18)19)11(14)17-7-8-3-5-15-12-10(8)4-6-16-12/h2-6H,7H2,1H3,(H2,14,17)(H,15,16)(H,18,19)/b9-2+. The van der Waals surface area contributed by atoms with E-state index in [1.54, 1.807) is 19.3 Å². The van der Waals surface area contributed by atoms with E-state index in [4.69, 9.17) is 10.8 Å². The summed E-state index contributed by atoms with van der Waals surface area (Å²) in [5.74, 6) is -1.05. The van der Waals surface area contributed by atoms with Gasteiger partial charge in [-0.2, -0.15) is 0 Å². The van der Waals surface area contributed by atoms with E-state index in [-0.39, 0.29) is 11.4 Å². The number of carbonyl (C=O) groups is 1. The van der Waals surface area contributed by atoms with Gasteiger partial charge < -0.3 is 15.8 Å². The first-order valence-electron chi connectivity index (χ1n) is 5.74. The van der Waals surface area contributed by atoms with Gasteiger partial charge in [-0.15, -0.1) is 0 Å². The third-order valence-corrected chi connectivity index (χ3v) is 2.77. The van der Waals surface area contributed by atoms with Crippen molar-refractivity contribution in [1.82, 2.24) is 9.97 Å². The van der Waals surface area contributed by atoms with E-state index >= 15 is 0 Å². The summed E-state index contributed by atoms with van der Waals surface area (Å²) in [6.07, 6.45) is 4.90. The van der Waals surface area contributed by atoms with Crippen LogP contribution < -0.4 is 5.73 Å². The van der Waals surface area contributed by atoms with Crippen LogP contribution in [0.4, 0.5) is 0 Å². The Bertz CT molecular complexity index is 670. The fraction of sp³-hybridized carbons (Fsp3) is 0.154. The number of fused-ring (bicyclic) bond motifs is 1. The van der Waals surface area contributed by atoms with E-state index in [2.05, 4.69) is 15.0 Å². The predicted octanol–water partition coefficient (Wildman–Crippen LogP) is 1.45. The van der Waals surface area contributed by atoms with Crippen LogP contribution in [0.2, 0.25) is 0 Å². The molecule has 0 aliphatic rings. The molecule has 0 unspecified atom stereocenters. The van der Waals surface area contributed by atoms with E-state index in [1.807, 2.05) is 12.1 Å². The van der Waals surface area contributed by atoms with Crippen molar-refractivity contribution >= 4 is 22.8 Å². The number of hydrogen-bond donors (Lipinski definition) is 3. The van der Waals surface area contributed by atoms with E-state index in [0.29, 0.717) is 6.54 Å². The average molecular weight is 258 g/mol. The zero-order chi connectivity index (χ0) is 13.8. The van der Waals surface area contributed by atoms with Crippen molar-refractivity contribution in [2.24, 2.45) is 10.7 Å². The number of rotatable bonds is 4. The van der Waals surface area contributed by atoms with E-state index in [1.165, 1.54) is 6.08 Å². The summed E-state index contributed by atoms with van der Waals surface area (Å²) in [6.45, 7) is 1.93. The largest absolute Gasteiger partial charge is 0.478 e. The molecule has 98 valence electrons. The van der Waals surface area contributed by atoms with Crippen molar-refractivity contribution in [1.29, 1.82) is 0 Å². The molecule has 0 aliphatic carbocycles. The predicted molar refractivity (Wildman–Crippen MR) is 72.8 cm³/mol. The summed E-state index contributed by atoms with van der Waals surface area (Å²) >= 11 is 0. The quantitative estimate of drug-likeness (QED) is 0.438. The molecule has 0 aromatic carbocycles. The maximum atomic E-state index is 10.9. The Morgan fingerprint density at radius 3 is 3.05 bits per heavy atom. The number of hydrogen-bond acceptors (Lipinski definition) is 3. The van der Waals surface area contributed by atoms with Crippen LogP contribution in [0.5, 0.6) is 0 Å². The zero-order valence-electron chi connectivity index (χ0n) is 10.4. The fourth-order valence-corrected chi connectivity index (χ4v) is 1.79. The smallest absolute Gasteiger partial charge is 0.339 e.